The van der Waals surface area contributed by atoms with E-state index in [-0.39, 0.29) is 18.3 Å². The number of carbonyl (C=O) groups excluding carboxylic acids is 2. The van der Waals surface area contributed by atoms with Crippen molar-refractivity contribution in [2.45, 2.75) is 19.0 Å². The van der Waals surface area contributed by atoms with Crippen molar-refractivity contribution in [1.82, 2.24) is 20.4 Å². The molecule has 1 N–H and O–H groups in total. The number of hydrogen-bond acceptors (Lipinski definition) is 7. The van der Waals surface area contributed by atoms with Gasteiger partial charge in [-0.2, -0.15) is 4.98 Å². The molecule has 9 heteroatoms. The van der Waals surface area contributed by atoms with Gasteiger partial charge in [-0.15, -0.1) is 11.3 Å². The molecule has 1 fully saturated rings. The van der Waals surface area contributed by atoms with E-state index in [2.05, 4.69) is 15.5 Å². The molecule has 0 radical (unpaired) electrons. The summed E-state index contributed by atoms with van der Waals surface area (Å²) >= 11 is 1.41. The van der Waals surface area contributed by atoms with Gasteiger partial charge in [0, 0.05) is 10.4 Å². The maximum Gasteiger partial charge on any atom is 0.325 e. The van der Waals surface area contributed by atoms with Crippen molar-refractivity contribution in [1.29, 1.82) is 0 Å². The summed E-state index contributed by atoms with van der Waals surface area (Å²) in [6.45, 7) is 1.59. The molecule has 3 heterocycles. The molecule has 2 aromatic heterocycles. The van der Waals surface area contributed by atoms with E-state index in [1.165, 1.54) is 11.3 Å². The van der Waals surface area contributed by atoms with Crippen molar-refractivity contribution in [3.05, 3.63) is 52.5 Å². The van der Waals surface area contributed by atoms with Crippen LogP contribution in [0, 0.1) is 0 Å². The fraction of sp³-hybridized carbons (Fsp3) is 0.222. The number of imide groups is 1. The molecule has 1 aromatic carbocycles. The van der Waals surface area contributed by atoms with Gasteiger partial charge in [0.15, 0.2) is 5.54 Å². The van der Waals surface area contributed by atoms with Crippen LogP contribution in [-0.4, -0.2) is 34.1 Å². The number of carbonyl (C=O) groups is 2. The normalized spacial score (nSPS) is 19.4. The number of hydrogen-bond donors (Lipinski definition) is 1. The number of amides is 3. The highest BCUT2D eigenvalue weighted by Gasteiger charge is 2.50. The van der Waals surface area contributed by atoms with E-state index < -0.39 is 11.6 Å². The van der Waals surface area contributed by atoms with E-state index >= 15 is 0 Å². The average Bonchev–Trinajstić information content (AvgIpc) is 3.40. The van der Waals surface area contributed by atoms with E-state index in [0.717, 1.165) is 9.78 Å². The standard InChI is InChI=1S/C18H16N4O4S/c1-18(13-7-4-8-27-13)16(23)22(17(24)20-18)10-14-19-15(21-26-14)11-5-3-6-12(9-11)25-2/h3-9H,10H2,1-2H3,(H,20,24). The number of ether oxygens (including phenoxy) is 1. The maximum absolute atomic E-state index is 12.8. The minimum atomic E-state index is -1.08. The van der Waals surface area contributed by atoms with Gasteiger partial charge in [-0.05, 0) is 30.5 Å². The van der Waals surface area contributed by atoms with Gasteiger partial charge in [0.05, 0.1) is 7.11 Å². The Balaban J connectivity index is 1.55. The van der Waals surface area contributed by atoms with Crippen LogP contribution in [0.5, 0.6) is 5.75 Å². The van der Waals surface area contributed by atoms with E-state index in [4.69, 9.17) is 9.26 Å². The highest BCUT2D eigenvalue weighted by molar-refractivity contribution is 7.10. The monoisotopic (exact) mass is 384 g/mol. The zero-order valence-corrected chi connectivity index (χ0v) is 15.4. The van der Waals surface area contributed by atoms with Crippen LogP contribution in [0.4, 0.5) is 4.79 Å². The van der Waals surface area contributed by atoms with Gasteiger partial charge < -0.3 is 14.6 Å². The third-order valence-electron chi connectivity index (χ3n) is 4.38. The second-order valence-electron chi connectivity index (χ2n) is 6.17. The van der Waals surface area contributed by atoms with Crippen LogP contribution >= 0.6 is 11.3 Å². The van der Waals surface area contributed by atoms with Crippen molar-refractivity contribution in [3.8, 4) is 17.1 Å². The molecule has 4 rings (SSSR count). The molecule has 3 amide bonds. The number of benzene rings is 1. The molecule has 1 unspecified atom stereocenters. The van der Waals surface area contributed by atoms with Gasteiger partial charge in [-0.25, -0.2) is 4.79 Å². The number of urea groups is 1. The van der Waals surface area contributed by atoms with Crippen LogP contribution < -0.4 is 10.1 Å². The van der Waals surface area contributed by atoms with Gasteiger partial charge in [0.2, 0.25) is 11.7 Å². The van der Waals surface area contributed by atoms with E-state index in [1.807, 2.05) is 35.7 Å². The lowest BCUT2D eigenvalue weighted by atomic mass is 10.0. The van der Waals surface area contributed by atoms with Crippen LogP contribution in [-0.2, 0) is 16.9 Å². The Labute approximate surface area is 158 Å². The molecule has 0 aliphatic carbocycles. The number of thiophene rings is 1. The van der Waals surface area contributed by atoms with Crippen LogP contribution in [0.2, 0.25) is 0 Å². The third kappa shape index (κ3) is 2.95. The average molecular weight is 384 g/mol. The predicted molar refractivity (Wildman–Crippen MR) is 97.0 cm³/mol. The van der Waals surface area contributed by atoms with Crippen LogP contribution in [0.3, 0.4) is 0 Å². The Bertz CT molecular complexity index is 1000. The lowest BCUT2D eigenvalue weighted by molar-refractivity contribution is -0.131. The molecular weight excluding hydrogens is 368 g/mol. The zero-order valence-electron chi connectivity index (χ0n) is 14.6. The molecule has 138 valence electrons. The number of aromatic nitrogens is 2. The Morgan fingerprint density at radius 3 is 2.89 bits per heavy atom. The van der Waals surface area contributed by atoms with Crippen LogP contribution in [0.1, 0.15) is 17.7 Å². The molecule has 0 saturated carbocycles. The Kier molecular flexibility index (Phi) is 4.15. The molecule has 1 aliphatic rings. The zero-order chi connectivity index (χ0) is 19.0. The van der Waals surface area contributed by atoms with Gasteiger partial charge in [-0.3, -0.25) is 9.69 Å². The van der Waals surface area contributed by atoms with Crippen LogP contribution in [0.15, 0.2) is 46.3 Å². The first-order valence-electron chi connectivity index (χ1n) is 8.16. The Hall–Kier alpha value is -3.20. The second kappa shape index (κ2) is 6.51. The molecule has 1 saturated heterocycles. The van der Waals surface area contributed by atoms with Crippen molar-refractivity contribution in [3.63, 3.8) is 0 Å². The predicted octanol–water partition coefficient (Wildman–Crippen LogP) is 2.77. The molecule has 8 nitrogen and oxygen atoms in total. The maximum atomic E-state index is 12.8. The molecule has 0 bridgehead atoms. The summed E-state index contributed by atoms with van der Waals surface area (Å²) in [5.74, 6) is 0.847. The van der Waals surface area contributed by atoms with E-state index in [9.17, 15) is 9.59 Å². The number of nitrogens with one attached hydrogen (secondary N) is 1. The summed E-state index contributed by atoms with van der Waals surface area (Å²) in [6.07, 6.45) is 0. The molecule has 27 heavy (non-hydrogen) atoms. The summed E-state index contributed by atoms with van der Waals surface area (Å²) in [4.78, 5) is 31.3. The summed E-state index contributed by atoms with van der Waals surface area (Å²) in [6, 6.07) is 10.4. The Morgan fingerprint density at radius 2 is 2.15 bits per heavy atom. The third-order valence-corrected chi connectivity index (χ3v) is 5.47. The highest BCUT2D eigenvalue weighted by Crippen LogP contribution is 2.32. The van der Waals surface area contributed by atoms with Crippen molar-refractivity contribution < 1.29 is 18.8 Å². The Morgan fingerprint density at radius 1 is 1.30 bits per heavy atom. The minimum absolute atomic E-state index is 0.0946. The summed E-state index contributed by atoms with van der Waals surface area (Å²) in [5.41, 5.74) is -0.370. The fourth-order valence-electron chi connectivity index (χ4n) is 2.90. The molecular formula is C18H16N4O4S. The van der Waals surface area contributed by atoms with Gasteiger partial charge in [0.25, 0.3) is 5.91 Å². The summed E-state index contributed by atoms with van der Waals surface area (Å²) < 4.78 is 10.4. The SMILES string of the molecule is COc1cccc(-c2noc(CN3C(=O)NC(C)(c4cccs4)C3=O)n2)c1. The van der Waals surface area contributed by atoms with Crippen molar-refractivity contribution >= 4 is 23.3 Å². The molecule has 1 atom stereocenters. The van der Waals surface area contributed by atoms with Gasteiger partial charge >= 0.3 is 6.03 Å². The lowest BCUT2D eigenvalue weighted by Gasteiger charge is -2.19. The largest absolute Gasteiger partial charge is 0.497 e. The molecule has 0 spiro atoms. The number of rotatable bonds is 5. The summed E-state index contributed by atoms with van der Waals surface area (Å²) in [7, 11) is 1.57. The quantitative estimate of drug-likeness (QED) is 0.680. The molecule has 3 aromatic rings. The van der Waals surface area contributed by atoms with Crippen molar-refractivity contribution in [2.75, 3.05) is 7.11 Å². The fourth-order valence-corrected chi connectivity index (χ4v) is 3.74. The van der Waals surface area contributed by atoms with Gasteiger partial charge in [-0.1, -0.05) is 23.4 Å². The molecule has 1 aliphatic heterocycles. The highest BCUT2D eigenvalue weighted by atomic mass is 32.1. The van der Waals surface area contributed by atoms with Gasteiger partial charge in [0.1, 0.15) is 12.3 Å². The van der Waals surface area contributed by atoms with Crippen molar-refractivity contribution in [2.24, 2.45) is 0 Å². The number of nitrogens with zero attached hydrogens (tertiary/aromatic N) is 3. The first kappa shape index (κ1) is 17.2. The van der Waals surface area contributed by atoms with E-state index in [1.54, 1.807) is 20.1 Å². The smallest absolute Gasteiger partial charge is 0.325 e. The first-order chi connectivity index (χ1) is 13.0. The number of methoxy groups -OCH3 is 1. The first-order valence-corrected chi connectivity index (χ1v) is 9.04. The van der Waals surface area contributed by atoms with Crippen LogP contribution in [0.25, 0.3) is 11.4 Å². The topological polar surface area (TPSA) is 97.6 Å². The van der Waals surface area contributed by atoms with E-state index in [0.29, 0.717) is 17.1 Å². The lowest BCUT2D eigenvalue weighted by Crippen LogP contribution is -2.40. The minimum Gasteiger partial charge on any atom is -0.497 e. The summed E-state index contributed by atoms with van der Waals surface area (Å²) in [5, 5.41) is 8.54. The second-order valence-corrected chi connectivity index (χ2v) is 7.12.